The van der Waals surface area contributed by atoms with Gasteiger partial charge in [0, 0.05) is 13.1 Å². The fourth-order valence-electron chi connectivity index (χ4n) is 3.12. The Morgan fingerprint density at radius 2 is 1.21 bits per heavy atom. The minimum absolute atomic E-state index is 0.399. The van der Waals surface area contributed by atoms with E-state index in [1.165, 1.54) is 24.2 Å². The maximum absolute atomic E-state index is 2.57. The largest absolute Gasteiger partial charge is 0.291 e. The molecule has 1 aliphatic rings. The molecule has 1 aliphatic heterocycles. The maximum Gasteiger partial charge on any atom is 0.0602 e. The van der Waals surface area contributed by atoms with Gasteiger partial charge in [0.15, 0.2) is 0 Å². The van der Waals surface area contributed by atoms with Gasteiger partial charge in [0.05, 0.1) is 6.04 Å². The molecule has 3 rings (SSSR count). The van der Waals surface area contributed by atoms with Crippen molar-refractivity contribution in [3.8, 4) is 0 Å². The van der Waals surface area contributed by atoms with Crippen LogP contribution in [0.5, 0.6) is 0 Å². The Hall–Kier alpha value is -1.60. The van der Waals surface area contributed by atoms with E-state index in [-0.39, 0.29) is 0 Å². The van der Waals surface area contributed by atoms with Crippen molar-refractivity contribution in [2.75, 3.05) is 13.1 Å². The van der Waals surface area contributed by atoms with Gasteiger partial charge >= 0.3 is 0 Å². The zero-order valence-corrected chi connectivity index (χ0v) is 11.7. The fourth-order valence-corrected chi connectivity index (χ4v) is 3.12. The summed E-state index contributed by atoms with van der Waals surface area (Å²) in [5, 5.41) is 0. The smallest absolute Gasteiger partial charge is 0.0602 e. The molecule has 2 aromatic rings. The molecule has 0 aromatic heterocycles. The molecule has 98 valence electrons. The quantitative estimate of drug-likeness (QED) is 0.793. The fraction of sp³-hybridized carbons (Fsp3) is 0.333. The van der Waals surface area contributed by atoms with E-state index in [0.717, 1.165) is 0 Å². The number of likely N-dealkylation sites (tertiary alicyclic amines) is 1. The number of hydrogen-bond acceptors (Lipinski definition) is 1. The molecule has 0 unspecified atom stereocenters. The standard InChI is InChI=1S/C18H21N/c1-18(2)13-19(14-18)17(15-9-5-3-6-10-15)16-11-7-4-8-12-16/h3-12,17H,13-14H2,1-2H3. The van der Waals surface area contributed by atoms with Gasteiger partial charge in [0.25, 0.3) is 0 Å². The topological polar surface area (TPSA) is 3.24 Å². The molecular formula is C18H21N. The van der Waals surface area contributed by atoms with E-state index in [2.05, 4.69) is 79.4 Å². The minimum Gasteiger partial charge on any atom is -0.291 e. The van der Waals surface area contributed by atoms with Gasteiger partial charge < -0.3 is 0 Å². The molecule has 0 saturated carbocycles. The highest BCUT2D eigenvalue weighted by Crippen LogP contribution is 2.39. The molecule has 1 nitrogen and oxygen atoms in total. The minimum atomic E-state index is 0.399. The van der Waals surface area contributed by atoms with Crippen LogP contribution in [-0.2, 0) is 0 Å². The van der Waals surface area contributed by atoms with E-state index in [9.17, 15) is 0 Å². The Labute approximate surface area is 115 Å². The lowest BCUT2D eigenvalue weighted by atomic mass is 9.81. The summed E-state index contributed by atoms with van der Waals surface area (Å²) in [5.74, 6) is 0. The Morgan fingerprint density at radius 1 is 0.789 bits per heavy atom. The van der Waals surface area contributed by atoms with Crippen LogP contribution in [0.4, 0.5) is 0 Å². The summed E-state index contributed by atoms with van der Waals surface area (Å²) >= 11 is 0. The summed E-state index contributed by atoms with van der Waals surface area (Å²) in [6.07, 6.45) is 0. The molecule has 0 spiro atoms. The lowest BCUT2D eigenvalue weighted by Crippen LogP contribution is -2.54. The molecule has 0 amide bonds. The second kappa shape index (κ2) is 4.82. The first-order chi connectivity index (χ1) is 9.16. The molecule has 0 radical (unpaired) electrons. The van der Waals surface area contributed by atoms with Crippen molar-refractivity contribution in [3.05, 3.63) is 71.8 Å². The molecule has 0 aliphatic carbocycles. The van der Waals surface area contributed by atoms with Crippen LogP contribution in [0.25, 0.3) is 0 Å². The molecule has 2 aromatic carbocycles. The predicted octanol–water partition coefficient (Wildman–Crippen LogP) is 4.12. The highest BCUT2D eigenvalue weighted by atomic mass is 15.2. The van der Waals surface area contributed by atoms with Gasteiger partial charge in [-0.2, -0.15) is 0 Å². The van der Waals surface area contributed by atoms with Gasteiger partial charge in [-0.3, -0.25) is 4.90 Å². The maximum atomic E-state index is 2.57. The Morgan fingerprint density at radius 3 is 1.58 bits per heavy atom. The lowest BCUT2D eigenvalue weighted by Gasteiger charge is -2.50. The van der Waals surface area contributed by atoms with Crippen molar-refractivity contribution in [1.29, 1.82) is 0 Å². The zero-order chi connectivity index (χ0) is 13.3. The summed E-state index contributed by atoms with van der Waals surface area (Å²) in [6.45, 7) is 7.02. The van der Waals surface area contributed by atoms with Crippen LogP contribution in [-0.4, -0.2) is 18.0 Å². The third-order valence-electron chi connectivity index (χ3n) is 3.86. The van der Waals surface area contributed by atoms with Crippen LogP contribution >= 0.6 is 0 Å². The average Bonchev–Trinajstić information content (AvgIpc) is 2.39. The Kier molecular flexibility index (Phi) is 3.16. The van der Waals surface area contributed by atoms with E-state index in [1.807, 2.05) is 0 Å². The highest BCUT2D eigenvalue weighted by molar-refractivity contribution is 5.32. The molecule has 1 saturated heterocycles. The van der Waals surface area contributed by atoms with E-state index < -0.39 is 0 Å². The molecule has 1 fully saturated rings. The van der Waals surface area contributed by atoms with Crippen molar-refractivity contribution < 1.29 is 0 Å². The van der Waals surface area contributed by atoms with Gasteiger partial charge in [0.2, 0.25) is 0 Å². The second-order valence-electron chi connectivity index (χ2n) is 6.29. The van der Waals surface area contributed by atoms with Crippen LogP contribution in [0.15, 0.2) is 60.7 Å². The summed E-state index contributed by atoms with van der Waals surface area (Å²) in [6, 6.07) is 22.1. The third kappa shape index (κ3) is 2.57. The lowest BCUT2D eigenvalue weighted by molar-refractivity contribution is 0.00592. The van der Waals surface area contributed by atoms with E-state index in [0.29, 0.717) is 11.5 Å². The van der Waals surface area contributed by atoms with E-state index >= 15 is 0 Å². The van der Waals surface area contributed by atoms with Crippen LogP contribution in [0.2, 0.25) is 0 Å². The normalized spacial score (nSPS) is 18.3. The van der Waals surface area contributed by atoms with Crippen LogP contribution in [0, 0.1) is 5.41 Å². The number of rotatable bonds is 3. The SMILES string of the molecule is CC1(C)CN(C(c2ccccc2)c2ccccc2)C1. The van der Waals surface area contributed by atoms with Crippen molar-refractivity contribution in [2.24, 2.45) is 5.41 Å². The number of benzene rings is 2. The first kappa shape index (κ1) is 12.4. The monoisotopic (exact) mass is 251 g/mol. The highest BCUT2D eigenvalue weighted by Gasteiger charge is 2.39. The van der Waals surface area contributed by atoms with Crippen LogP contribution in [0.1, 0.15) is 31.0 Å². The van der Waals surface area contributed by atoms with Crippen molar-refractivity contribution in [2.45, 2.75) is 19.9 Å². The van der Waals surface area contributed by atoms with Gasteiger partial charge in [-0.25, -0.2) is 0 Å². The molecule has 1 heteroatoms. The molecule has 0 N–H and O–H groups in total. The van der Waals surface area contributed by atoms with E-state index in [4.69, 9.17) is 0 Å². The van der Waals surface area contributed by atoms with Crippen molar-refractivity contribution >= 4 is 0 Å². The molecule has 0 bridgehead atoms. The molecular weight excluding hydrogens is 230 g/mol. The summed E-state index contributed by atoms with van der Waals surface area (Å²) in [7, 11) is 0. The number of hydrogen-bond donors (Lipinski definition) is 0. The average molecular weight is 251 g/mol. The van der Waals surface area contributed by atoms with Gasteiger partial charge in [-0.15, -0.1) is 0 Å². The molecule has 19 heavy (non-hydrogen) atoms. The summed E-state index contributed by atoms with van der Waals surface area (Å²) in [5.41, 5.74) is 3.25. The van der Waals surface area contributed by atoms with Gasteiger partial charge in [-0.1, -0.05) is 74.5 Å². The Bertz CT molecular complexity index is 483. The Balaban J connectivity index is 1.93. The molecule has 1 heterocycles. The first-order valence-corrected chi connectivity index (χ1v) is 7.00. The zero-order valence-electron chi connectivity index (χ0n) is 11.7. The predicted molar refractivity (Wildman–Crippen MR) is 80.1 cm³/mol. The van der Waals surface area contributed by atoms with Crippen molar-refractivity contribution in [3.63, 3.8) is 0 Å². The van der Waals surface area contributed by atoms with Crippen molar-refractivity contribution in [1.82, 2.24) is 4.90 Å². The van der Waals surface area contributed by atoms with E-state index in [1.54, 1.807) is 0 Å². The first-order valence-electron chi connectivity index (χ1n) is 7.00. The number of nitrogens with zero attached hydrogens (tertiary/aromatic N) is 1. The van der Waals surface area contributed by atoms with Crippen LogP contribution in [0.3, 0.4) is 0 Å². The summed E-state index contributed by atoms with van der Waals surface area (Å²) in [4.78, 5) is 2.57. The van der Waals surface area contributed by atoms with Crippen LogP contribution < -0.4 is 0 Å². The second-order valence-corrected chi connectivity index (χ2v) is 6.29. The summed E-state index contributed by atoms with van der Waals surface area (Å²) < 4.78 is 0. The van der Waals surface area contributed by atoms with Gasteiger partial charge in [-0.05, 0) is 16.5 Å². The van der Waals surface area contributed by atoms with Gasteiger partial charge in [0.1, 0.15) is 0 Å². The molecule has 0 atom stereocenters. The third-order valence-corrected chi connectivity index (χ3v) is 3.86.